The maximum Gasteiger partial charge on any atom is 0.137 e. The van der Waals surface area contributed by atoms with Crippen LogP contribution in [0.4, 0.5) is 0 Å². The minimum absolute atomic E-state index is 0.324. The van der Waals surface area contributed by atoms with E-state index in [1.807, 2.05) is 0 Å². The number of alkyl halides is 1. The Kier molecular flexibility index (Phi) is 2.19. The molecule has 0 unspecified atom stereocenters. The number of hydrogen-bond donors (Lipinski definition) is 0. The van der Waals surface area contributed by atoms with Gasteiger partial charge in [-0.3, -0.25) is 0 Å². The summed E-state index contributed by atoms with van der Waals surface area (Å²) >= 11 is 5.09. The van der Waals surface area contributed by atoms with Crippen molar-refractivity contribution >= 4 is 17.9 Å². The van der Waals surface area contributed by atoms with Crippen LogP contribution in [0.5, 0.6) is 0 Å². The van der Waals surface area contributed by atoms with E-state index in [2.05, 4.69) is 0 Å². The number of carbonyl (C=O) groups excluding carboxylic acids is 1. The Morgan fingerprint density at radius 3 is 2.20 bits per heavy atom. The number of halogens is 1. The van der Waals surface area contributed by atoms with E-state index in [4.69, 9.17) is 11.6 Å². The highest BCUT2D eigenvalue weighted by Crippen LogP contribution is 1.82. The van der Waals surface area contributed by atoms with Crippen molar-refractivity contribution in [3.05, 3.63) is 0 Å². The van der Waals surface area contributed by atoms with Crippen LogP contribution in [0.15, 0.2) is 0 Å². The van der Waals surface area contributed by atoms with Gasteiger partial charge in [0.05, 0.1) is 5.38 Å². The predicted molar refractivity (Wildman–Crippen MR) is 21.4 cm³/mol. The van der Waals surface area contributed by atoms with Crippen molar-refractivity contribution in [2.24, 2.45) is 0 Å². The molecule has 0 aromatic rings. The largest absolute Gasteiger partial charge is 0.302 e. The van der Waals surface area contributed by atoms with Crippen LogP contribution in [-0.4, -0.2) is 11.7 Å². The second-order valence-electron chi connectivity index (χ2n) is 0.814. The molecule has 2 heteroatoms. The van der Waals surface area contributed by atoms with Gasteiger partial charge in [0, 0.05) is 0 Å². The minimum Gasteiger partial charge on any atom is -0.302 e. The molecule has 30 valence electrons. The van der Waals surface area contributed by atoms with Crippen LogP contribution in [0, 0.1) is 0 Å². The highest BCUT2D eigenvalue weighted by Gasteiger charge is 1.83. The average molecular weight is 92.5 g/mol. The molecular weight excluding hydrogens is 87.5 g/mol. The quantitative estimate of drug-likeness (QED) is 0.346. The SMILES string of the molecule is C[C@@H](Cl)C=O. The first kappa shape index (κ1) is 4.96. The van der Waals surface area contributed by atoms with E-state index in [9.17, 15) is 4.79 Å². The molecule has 0 bridgehead atoms. The van der Waals surface area contributed by atoms with Crippen molar-refractivity contribution in [2.45, 2.75) is 12.3 Å². The number of hydrogen-bond acceptors (Lipinski definition) is 1. The van der Waals surface area contributed by atoms with E-state index in [-0.39, 0.29) is 5.38 Å². The number of aldehydes is 1. The second kappa shape index (κ2) is 2.21. The fourth-order valence-corrected chi connectivity index (χ4v) is 0. The summed E-state index contributed by atoms with van der Waals surface area (Å²) in [4.78, 5) is 9.37. The van der Waals surface area contributed by atoms with Gasteiger partial charge in [0.25, 0.3) is 0 Å². The van der Waals surface area contributed by atoms with E-state index in [1.54, 1.807) is 6.92 Å². The molecule has 0 aliphatic heterocycles. The zero-order valence-corrected chi connectivity index (χ0v) is 3.70. The van der Waals surface area contributed by atoms with E-state index >= 15 is 0 Å². The number of carbonyl (C=O) groups is 1. The lowest BCUT2D eigenvalue weighted by molar-refractivity contribution is -0.107. The second-order valence-corrected chi connectivity index (χ2v) is 1.50. The molecule has 0 aliphatic rings. The van der Waals surface area contributed by atoms with E-state index in [0.717, 1.165) is 0 Å². The summed E-state index contributed by atoms with van der Waals surface area (Å²) in [6.45, 7) is 1.62. The van der Waals surface area contributed by atoms with Crippen LogP contribution < -0.4 is 0 Å². The van der Waals surface area contributed by atoms with Gasteiger partial charge in [-0.1, -0.05) is 0 Å². The third-order valence-corrected chi connectivity index (χ3v) is 0.290. The van der Waals surface area contributed by atoms with Crippen LogP contribution in [0.1, 0.15) is 6.92 Å². The zero-order chi connectivity index (χ0) is 4.28. The topological polar surface area (TPSA) is 17.1 Å². The molecule has 0 aliphatic carbocycles. The van der Waals surface area contributed by atoms with Gasteiger partial charge in [-0.25, -0.2) is 0 Å². The molecule has 0 N–H and O–H groups in total. The predicted octanol–water partition coefficient (Wildman–Crippen LogP) is 0.813. The lowest BCUT2D eigenvalue weighted by Gasteiger charge is -1.75. The Hall–Kier alpha value is -0.0400. The Bertz CT molecular complexity index is 33.9. The molecular formula is C3H5ClO. The maximum atomic E-state index is 9.37. The van der Waals surface area contributed by atoms with Crippen LogP contribution in [0.2, 0.25) is 0 Å². The van der Waals surface area contributed by atoms with Crippen molar-refractivity contribution in [3.63, 3.8) is 0 Å². The zero-order valence-electron chi connectivity index (χ0n) is 2.94. The highest BCUT2D eigenvalue weighted by atomic mass is 35.5. The third-order valence-electron chi connectivity index (χ3n) is 0.188. The highest BCUT2D eigenvalue weighted by molar-refractivity contribution is 6.27. The van der Waals surface area contributed by atoms with Gasteiger partial charge in [0.2, 0.25) is 0 Å². The Morgan fingerprint density at radius 1 is 2.00 bits per heavy atom. The molecule has 0 aromatic heterocycles. The summed E-state index contributed by atoms with van der Waals surface area (Å²) < 4.78 is 0. The van der Waals surface area contributed by atoms with Crippen molar-refractivity contribution in [1.29, 1.82) is 0 Å². The first-order valence-corrected chi connectivity index (χ1v) is 1.80. The summed E-state index contributed by atoms with van der Waals surface area (Å²) in [5, 5.41) is -0.324. The van der Waals surface area contributed by atoms with Gasteiger partial charge in [-0.2, -0.15) is 0 Å². The van der Waals surface area contributed by atoms with Gasteiger partial charge in [0.15, 0.2) is 0 Å². The molecule has 0 radical (unpaired) electrons. The van der Waals surface area contributed by atoms with E-state index < -0.39 is 0 Å². The molecule has 0 amide bonds. The average Bonchev–Trinajstić information content (AvgIpc) is 1.38. The molecule has 0 saturated carbocycles. The molecule has 0 aromatic carbocycles. The molecule has 0 rings (SSSR count). The van der Waals surface area contributed by atoms with Gasteiger partial charge >= 0.3 is 0 Å². The molecule has 0 spiro atoms. The summed E-state index contributed by atoms with van der Waals surface area (Å²) in [6, 6.07) is 0. The minimum atomic E-state index is -0.324. The molecule has 1 nitrogen and oxygen atoms in total. The standard InChI is InChI=1S/C3H5ClO/c1-3(4)2-5/h2-3H,1H3/t3-/m1/s1. The monoisotopic (exact) mass is 92.0 g/mol. The molecule has 0 saturated heterocycles. The summed E-state index contributed by atoms with van der Waals surface area (Å²) in [5.74, 6) is 0. The fraction of sp³-hybridized carbons (Fsp3) is 0.667. The molecule has 5 heavy (non-hydrogen) atoms. The summed E-state index contributed by atoms with van der Waals surface area (Å²) in [6.07, 6.45) is 0.682. The maximum absolute atomic E-state index is 9.37. The van der Waals surface area contributed by atoms with Crippen molar-refractivity contribution in [2.75, 3.05) is 0 Å². The number of rotatable bonds is 1. The van der Waals surface area contributed by atoms with Crippen molar-refractivity contribution in [3.8, 4) is 0 Å². The van der Waals surface area contributed by atoms with Crippen molar-refractivity contribution in [1.82, 2.24) is 0 Å². The molecule has 0 fully saturated rings. The Labute approximate surface area is 35.9 Å². The van der Waals surface area contributed by atoms with Crippen molar-refractivity contribution < 1.29 is 4.79 Å². The summed E-state index contributed by atoms with van der Waals surface area (Å²) in [5.41, 5.74) is 0. The lowest BCUT2D eigenvalue weighted by Crippen LogP contribution is -1.86. The van der Waals surface area contributed by atoms with Crippen LogP contribution in [0.25, 0.3) is 0 Å². The normalized spacial score (nSPS) is 14.0. The lowest BCUT2D eigenvalue weighted by atomic mass is 10.6. The van der Waals surface area contributed by atoms with Crippen LogP contribution >= 0.6 is 11.6 Å². The van der Waals surface area contributed by atoms with Gasteiger partial charge < -0.3 is 4.79 Å². The third kappa shape index (κ3) is 3.96. The van der Waals surface area contributed by atoms with E-state index in [0.29, 0.717) is 6.29 Å². The van der Waals surface area contributed by atoms with E-state index in [1.165, 1.54) is 0 Å². The van der Waals surface area contributed by atoms with Gasteiger partial charge in [0.1, 0.15) is 6.29 Å². The van der Waals surface area contributed by atoms with Crippen LogP contribution in [-0.2, 0) is 4.79 Å². The summed E-state index contributed by atoms with van der Waals surface area (Å²) in [7, 11) is 0. The first-order chi connectivity index (χ1) is 2.27. The Balaban J connectivity index is 2.83. The van der Waals surface area contributed by atoms with Crippen LogP contribution in [0.3, 0.4) is 0 Å². The molecule has 1 atom stereocenters. The fourth-order valence-electron chi connectivity index (χ4n) is 0. The Morgan fingerprint density at radius 2 is 2.20 bits per heavy atom. The first-order valence-electron chi connectivity index (χ1n) is 1.36. The van der Waals surface area contributed by atoms with Gasteiger partial charge in [-0.15, -0.1) is 11.6 Å². The molecule has 0 heterocycles. The van der Waals surface area contributed by atoms with Gasteiger partial charge in [-0.05, 0) is 6.92 Å². The smallest absolute Gasteiger partial charge is 0.137 e.